The van der Waals surface area contributed by atoms with Crippen molar-refractivity contribution < 1.29 is 4.74 Å². The van der Waals surface area contributed by atoms with E-state index >= 15 is 0 Å². The minimum Gasteiger partial charge on any atom is -0.463 e. The molecule has 17 heavy (non-hydrogen) atoms. The lowest BCUT2D eigenvalue weighted by molar-refractivity contribution is 0.346. The van der Waals surface area contributed by atoms with E-state index in [2.05, 4.69) is 29.4 Å². The molecule has 0 aromatic heterocycles. The molecule has 0 amide bonds. The molecule has 0 unspecified atom stereocenters. The van der Waals surface area contributed by atoms with Gasteiger partial charge in [0, 0.05) is 5.69 Å². The highest BCUT2D eigenvalue weighted by Gasteiger charge is 2.16. The van der Waals surface area contributed by atoms with Crippen LogP contribution in [0, 0.1) is 6.92 Å². The van der Waals surface area contributed by atoms with E-state index in [4.69, 9.17) is 4.74 Å². The van der Waals surface area contributed by atoms with Crippen molar-refractivity contribution in [3.63, 3.8) is 0 Å². The average Bonchev–Trinajstić information content (AvgIpc) is 2.81. The largest absolute Gasteiger partial charge is 0.463 e. The summed E-state index contributed by atoms with van der Waals surface area (Å²) in [5.41, 5.74) is 5.46. The SMILES string of the molecule is Cc1cc2c(c(NC3=NCCO3)c1)CCCC2. The number of benzene rings is 1. The van der Waals surface area contributed by atoms with Gasteiger partial charge in [-0.25, -0.2) is 4.99 Å². The van der Waals surface area contributed by atoms with E-state index in [-0.39, 0.29) is 0 Å². The van der Waals surface area contributed by atoms with Gasteiger partial charge in [-0.05, 0) is 55.4 Å². The first-order chi connectivity index (χ1) is 8.33. The Bertz CT molecular complexity index is 466. The molecule has 3 nitrogen and oxygen atoms in total. The Kier molecular flexibility index (Phi) is 2.75. The van der Waals surface area contributed by atoms with E-state index in [1.165, 1.54) is 48.1 Å². The molecule has 0 spiro atoms. The lowest BCUT2D eigenvalue weighted by Gasteiger charge is -2.21. The third kappa shape index (κ3) is 2.14. The molecule has 1 heterocycles. The highest BCUT2D eigenvalue weighted by atomic mass is 16.5. The number of hydrogen-bond acceptors (Lipinski definition) is 3. The van der Waals surface area contributed by atoms with E-state index < -0.39 is 0 Å². The zero-order valence-electron chi connectivity index (χ0n) is 10.3. The Balaban J connectivity index is 1.94. The molecule has 0 saturated carbocycles. The van der Waals surface area contributed by atoms with E-state index in [1.54, 1.807) is 0 Å². The van der Waals surface area contributed by atoms with Crippen LogP contribution in [0.3, 0.4) is 0 Å². The van der Waals surface area contributed by atoms with Crippen LogP contribution in [0.1, 0.15) is 29.5 Å². The first-order valence-electron chi connectivity index (χ1n) is 6.39. The van der Waals surface area contributed by atoms with Gasteiger partial charge in [0.2, 0.25) is 0 Å². The first-order valence-corrected chi connectivity index (χ1v) is 6.39. The number of fused-ring (bicyclic) bond motifs is 1. The van der Waals surface area contributed by atoms with Crippen molar-refractivity contribution in [2.75, 3.05) is 18.5 Å². The highest BCUT2D eigenvalue weighted by Crippen LogP contribution is 2.29. The van der Waals surface area contributed by atoms with Crippen molar-refractivity contribution in [1.82, 2.24) is 0 Å². The maximum atomic E-state index is 5.43. The van der Waals surface area contributed by atoms with Crippen molar-refractivity contribution in [3.05, 3.63) is 28.8 Å². The van der Waals surface area contributed by atoms with Gasteiger partial charge < -0.3 is 10.1 Å². The van der Waals surface area contributed by atoms with Crippen LogP contribution < -0.4 is 5.32 Å². The number of ether oxygens (including phenoxy) is 1. The number of aryl methyl sites for hydroxylation is 2. The highest BCUT2D eigenvalue weighted by molar-refractivity contribution is 5.91. The molecule has 90 valence electrons. The lowest BCUT2D eigenvalue weighted by Crippen LogP contribution is -2.15. The Hall–Kier alpha value is -1.51. The number of amidine groups is 1. The van der Waals surface area contributed by atoms with Gasteiger partial charge in [0.25, 0.3) is 6.02 Å². The minimum absolute atomic E-state index is 0.684. The topological polar surface area (TPSA) is 33.6 Å². The molecule has 1 aromatic rings. The molecule has 0 atom stereocenters. The maximum Gasteiger partial charge on any atom is 0.289 e. The third-order valence-corrected chi connectivity index (χ3v) is 3.44. The van der Waals surface area contributed by atoms with Gasteiger partial charge in [-0.2, -0.15) is 0 Å². The maximum absolute atomic E-state index is 5.43. The monoisotopic (exact) mass is 230 g/mol. The van der Waals surface area contributed by atoms with E-state index in [1.807, 2.05) is 0 Å². The van der Waals surface area contributed by atoms with Crippen LogP contribution in [-0.2, 0) is 17.6 Å². The molecule has 0 fully saturated rings. The van der Waals surface area contributed by atoms with Crippen LogP contribution in [-0.4, -0.2) is 19.2 Å². The first kappa shape index (κ1) is 10.6. The average molecular weight is 230 g/mol. The van der Waals surface area contributed by atoms with Crippen LogP contribution in [0.4, 0.5) is 5.69 Å². The number of nitrogens with one attached hydrogen (secondary N) is 1. The molecular weight excluding hydrogens is 212 g/mol. The molecule has 0 saturated heterocycles. The molecule has 0 radical (unpaired) electrons. The zero-order chi connectivity index (χ0) is 11.7. The molecule has 1 N–H and O–H groups in total. The summed E-state index contributed by atoms with van der Waals surface area (Å²) in [7, 11) is 0. The van der Waals surface area contributed by atoms with Gasteiger partial charge in [-0.3, -0.25) is 0 Å². The predicted molar refractivity (Wildman–Crippen MR) is 69.7 cm³/mol. The zero-order valence-corrected chi connectivity index (χ0v) is 10.3. The smallest absolute Gasteiger partial charge is 0.289 e. The van der Waals surface area contributed by atoms with Gasteiger partial charge in [-0.1, -0.05) is 6.07 Å². The third-order valence-electron chi connectivity index (χ3n) is 3.44. The lowest BCUT2D eigenvalue weighted by atomic mass is 9.89. The summed E-state index contributed by atoms with van der Waals surface area (Å²) in [4.78, 5) is 4.29. The molecule has 2 aliphatic rings. The van der Waals surface area contributed by atoms with Crippen LogP contribution in [0.15, 0.2) is 17.1 Å². The fourth-order valence-electron chi connectivity index (χ4n) is 2.66. The summed E-state index contributed by atoms with van der Waals surface area (Å²) >= 11 is 0. The Morgan fingerprint density at radius 2 is 2.12 bits per heavy atom. The molecule has 3 rings (SSSR count). The summed E-state index contributed by atoms with van der Waals surface area (Å²) in [5.74, 6) is 0. The van der Waals surface area contributed by atoms with E-state index in [0.29, 0.717) is 12.6 Å². The van der Waals surface area contributed by atoms with E-state index in [9.17, 15) is 0 Å². The molecule has 3 heteroatoms. The minimum atomic E-state index is 0.684. The Morgan fingerprint density at radius 3 is 2.94 bits per heavy atom. The van der Waals surface area contributed by atoms with Crippen molar-refractivity contribution >= 4 is 11.7 Å². The predicted octanol–water partition coefficient (Wildman–Crippen LogP) is 2.67. The summed E-state index contributed by atoms with van der Waals surface area (Å²) in [6, 6.07) is 5.20. The number of nitrogens with zero attached hydrogens (tertiary/aromatic N) is 1. The van der Waals surface area contributed by atoms with Gasteiger partial charge >= 0.3 is 0 Å². The number of aliphatic imine (C=N–C) groups is 1. The van der Waals surface area contributed by atoms with Crippen LogP contribution in [0.25, 0.3) is 0 Å². The quantitative estimate of drug-likeness (QED) is 0.804. The number of rotatable bonds is 1. The second-order valence-corrected chi connectivity index (χ2v) is 4.82. The van der Waals surface area contributed by atoms with Crippen LogP contribution in [0.2, 0.25) is 0 Å². The standard InChI is InChI=1S/C14H18N2O/c1-10-8-11-4-2-3-5-12(11)13(9-10)16-14-15-6-7-17-14/h8-9H,2-7H2,1H3,(H,15,16). The number of anilines is 1. The summed E-state index contributed by atoms with van der Waals surface area (Å²) in [6.07, 6.45) is 4.98. The van der Waals surface area contributed by atoms with Gasteiger partial charge in [-0.15, -0.1) is 0 Å². The second-order valence-electron chi connectivity index (χ2n) is 4.82. The van der Waals surface area contributed by atoms with Crippen molar-refractivity contribution in [3.8, 4) is 0 Å². The van der Waals surface area contributed by atoms with Gasteiger partial charge in [0.15, 0.2) is 0 Å². The van der Waals surface area contributed by atoms with Crippen molar-refractivity contribution in [2.45, 2.75) is 32.6 Å². The summed E-state index contributed by atoms with van der Waals surface area (Å²) < 4.78 is 5.43. The molecule has 1 aliphatic heterocycles. The van der Waals surface area contributed by atoms with Crippen molar-refractivity contribution in [1.29, 1.82) is 0 Å². The van der Waals surface area contributed by atoms with Gasteiger partial charge in [0.1, 0.15) is 6.61 Å². The molecule has 0 bridgehead atoms. The number of hydrogen-bond donors (Lipinski definition) is 1. The van der Waals surface area contributed by atoms with Crippen LogP contribution >= 0.6 is 0 Å². The van der Waals surface area contributed by atoms with Crippen LogP contribution in [0.5, 0.6) is 0 Å². The fraction of sp³-hybridized carbons (Fsp3) is 0.500. The fourth-order valence-corrected chi connectivity index (χ4v) is 2.66. The molecule has 1 aliphatic carbocycles. The summed E-state index contributed by atoms with van der Waals surface area (Å²) in [6.45, 7) is 3.63. The van der Waals surface area contributed by atoms with Crippen molar-refractivity contribution in [2.24, 2.45) is 4.99 Å². The molecular formula is C14H18N2O. The molecule has 1 aromatic carbocycles. The normalized spacial score (nSPS) is 18.3. The second kappa shape index (κ2) is 4.40. The Labute approximate surface area is 102 Å². The van der Waals surface area contributed by atoms with Gasteiger partial charge in [0.05, 0.1) is 6.54 Å². The summed E-state index contributed by atoms with van der Waals surface area (Å²) in [5, 5.41) is 3.34. The Morgan fingerprint density at radius 1 is 1.24 bits per heavy atom. The van der Waals surface area contributed by atoms with E-state index in [0.717, 1.165) is 6.54 Å².